The number of nitrogens with zero attached hydrogens (tertiary/aromatic N) is 1. The van der Waals surface area contributed by atoms with Crippen LogP contribution in [0.4, 0.5) is 0 Å². The Hall–Kier alpha value is -2.44. The summed E-state index contributed by atoms with van der Waals surface area (Å²) in [6.07, 6.45) is 1.56. The summed E-state index contributed by atoms with van der Waals surface area (Å²) in [6.45, 7) is 1.11. The second-order valence-corrected chi connectivity index (χ2v) is 7.46. The van der Waals surface area contributed by atoms with Gasteiger partial charge in [0.25, 0.3) is 0 Å². The van der Waals surface area contributed by atoms with Crippen LogP contribution in [0.3, 0.4) is 0 Å². The van der Waals surface area contributed by atoms with E-state index in [2.05, 4.69) is 18.0 Å². The Bertz CT molecular complexity index is 927. The van der Waals surface area contributed by atoms with E-state index < -0.39 is 5.60 Å². The molecule has 2 atom stereocenters. The molecule has 0 saturated heterocycles. The number of ether oxygens (including phenoxy) is 4. The number of rotatable bonds is 2. The molecule has 0 unspecified atom stereocenters. The van der Waals surface area contributed by atoms with Gasteiger partial charge in [-0.1, -0.05) is 6.07 Å². The number of likely N-dealkylation sites (N-methyl/N-ethyl adjacent to an activating group) is 1. The van der Waals surface area contributed by atoms with Crippen LogP contribution in [0.25, 0.3) is 0 Å². The Kier molecular flexibility index (Phi) is 3.58. The van der Waals surface area contributed by atoms with E-state index in [0.29, 0.717) is 12.2 Å². The van der Waals surface area contributed by atoms with Crippen molar-refractivity contribution in [3.05, 3.63) is 46.5 Å². The predicted molar refractivity (Wildman–Crippen MR) is 98.7 cm³/mol. The molecule has 1 aliphatic carbocycles. The highest BCUT2D eigenvalue weighted by Crippen LogP contribution is 2.58. The summed E-state index contributed by atoms with van der Waals surface area (Å²) < 4.78 is 23.1. The lowest BCUT2D eigenvalue weighted by Gasteiger charge is -2.39. The third kappa shape index (κ3) is 2.14. The van der Waals surface area contributed by atoms with Crippen molar-refractivity contribution in [2.24, 2.45) is 0 Å². The summed E-state index contributed by atoms with van der Waals surface area (Å²) in [5, 5.41) is 10.5. The van der Waals surface area contributed by atoms with Crippen molar-refractivity contribution in [1.29, 1.82) is 0 Å². The number of hydrogen-bond donors (Lipinski definition) is 1. The highest BCUT2D eigenvalue weighted by Gasteiger charge is 2.54. The Morgan fingerprint density at radius 2 is 2.04 bits per heavy atom. The maximum Gasteiger partial charge on any atom is 0.231 e. The fourth-order valence-corrected chi connectivity index (χ4v) is 5.01. The number of benzene rings is 2. The molecule has 6 heteroatoms. The topological polar surface area (TPSA) is 60.4 Å². The zero-order chi connectivity index (χ0) is 18.8. The number of phenols is 1. The zero-order valence-electron chi connectivity index (χ0n) is 15.7. The van der Waals surface area contributed by atoms with Gasteiger partial charge in [-0.3, -0.25) is 4.90 Å². The van der Waals surface area contributed by atoms with Crippen molar-refractivity contribution < 1.29 is 24.1 Å². The highest BCUT2D eigenvalue weighted by atomic mass is 16.7. The van der Waals surface area contributed by atoms with Gasteiger partial charge in [-0.15, -0.1) is 0 Å². The quantitative estimate of drug-likeness (QED) is 0.878. The van der Waals surface area contributed by atoms with E-state index in [1.165, 1.54) is 5.56 Å². The molecule has 2 aliphatic heterocycles. The molecule has 6 nitrogen and oxygen atoms in total. The Morgan fingerprint density at radius 3 is 2.81 bits per heavy atom. The summed E-state index contributed by atoms with van der Waals surface area (Å²) in [6, 6.07) is 7.81. The van der Waals surface area contributed by atoms with Crippen molar-refractivity contribution in [3.8, 4) is 23.0 Å². The summed E-state index contributed by atoms with van der Waals surface area (Å²) in [5.41, 5.74) is 3.89. The second-order valence-electron chi connectivity index (χ2n) is 7.46. The molecule has 2 aromatic rings. The third-order valence-electron chi connectivity index (χ3n) is 6.24. The lowest BCUT2D eigenvalue weighted by atomic mass is 9.83. The molecule has 142 valence electrons. The molecule has 2 heterocycles. The van der Waals surface area contributed by atoms with Gasteiger partial charge in [0.2, 0.25) is 6.79 Å². The maximum absolute atomic E-state index is 10.5. The first kappa shape index (κ1) is 16.7. The molecule has 0 saturated carbocycles. The zero-order valence-corrected chi connectivity index (χ0v) is 15.7. The van der Waals surface area contributed by atoms with Crippen LogP contribution in [0.5, 0.6) is 23.0 Å². The monoisotopic (exact) mass is 369 g/mol. The third-order valence-corrected chi connectivity index (χ3v) is 6.24. The van der Waals surface area contributed by atoms with Gasteiger partial charge in [0, 0.05) is 25.6 Å². The predicted octanol–water partition coefficient (Wildman–Crippen LogP) is 2.76. The average Bonchev–Trinajstić information content (AvgIpc) is 3.25. The van der Waals surface area contributed by atoms with E-state index in [-0.39, 0.29) is 18.6 Å². The molecule has 2 aromatic carbocycles. The van der Waals surface area contributed by atoms with Crippen LogP contribution in [-0.4, -0.2) is 44.6 Å². The lowest BCUT2D eigenvalue weighted by Crippen LogP contribution is -2.40. The highest BCUT2D eigenvalue weighted by molar-refractivity contribution is 5.60. The number of aromatic hydroxyl groups is 1. The SMILES string of the molecule is COc1cc2c(cc1O)[C@]1(OC)Cc3ccc4c(c3[C@@H]1N(C)CC2)OCO4. The van der Waals surface area contributed by atoms with E-state index in [9.17, 15) is 5.11 Å². The van der Waals surface area contributed by atoms with E-state index in [4.69, 9.17) is 18.9 Å². The standard InChI is InChI=1S/C21H23NO5/c1-22-7-6-12-8-17(24-2)15(23)9-14(12)21(25-3)10-13-4-5-16-19(27-11-26-16)18(13)20(21)22/h4-5,8-9,20,23H,6-7,10-11H2,1-3H3/t20-,21+/m0/s1. The van der Waals surface area contributed by atoms with E-state index in [1.807, 2.05) is 18.2 Å². The summed E-state index contributed by atoms with van der Waals surface area (Å²) >= 11 is 0. The van der Waals surface area contributed by atoms with Crippen LogP contribution in [0, 0.1) is 0 Å². The van der Waals surface area contributed by atoms with Crippen molar-refractivity contribution >= 4 is 0 Å². The fraction of sp³-hybridized carbons (Fsp3) is 0.429. The molecule has 3 aliphatic rings. The molecular weight excluding hydrogens is 346 g/mol. The minimum Gasteiger partial charge on any atom is -0.504 e. The smallest absolute Gasteiger partial charge is 0.231 e. The second kappa shape index (κ2) is 5.78. The molecular formula is C21H23NO5. The van der Waals surface area contributed by atoms with Gasteiger partial charge in [0.15, 0.2) is 23.0 Å². The van der Waals surface area contributed by atoms with Gasteiger partial charge in [-0.05, 0) is 48.4 Å². The largest absolute Gasteiger partial charge is 0.504 e. The van der Waals surface area contributed by atoms with Crippen LogP contribution >= 0.6 is 0 Å². The van der Waals surface area contributed by atoms with Gasteiger partial charge in [-0.2, -0.15) is 0 Å². The fourth-order valence-electron chi connectivity index (χ4n) is 5.01. The van der Waals surface area contributed by atoms with Crippen molar-refractivity contribution in [2.45, 2.75) is 24.5 Å². The first-order chi connectivity index (χ1) is 13.1. The van der Waals surface area contributed by atoms with E-state index in [0.717, 1.165) is 41.2 Å². The molecule has 0 spiro atoms. The van der Waals surface area contributed by atoms with Crippen molar-refractivity contribution in [2.75, 3.05) is 34.6 Å². The molecule has 0 fully saturated rings. The van der Waals surface area contributed by atoms with Gasteiger partial charge in [0.05, 0.1) is 13.2 Å². The Balaban J connectivity index is 1.76. The minimum atomic E-state index is -0.603. The van der Waals surface area contributed by atoms with Gasteiger partial charge < -0.3 is 24.1 Å². The van der Waals surface area contributed by atoms with Crippen molar-refractivity contribution in [1.82, 2.24) is 4.90 Å². The summed E-state index contributed by atoms with van der Waals surface area (Å²) in [5.74, 6) is 2.24. The Labute approximate surface area is 158 Å². The number of methoxy groups -OCH3 is 2. The van der Waals surface area contributed by atoms with Gasteiger partial charge in [0.1, 0.15) is 5.60 Å². The van der Waals surface area contributed by atoms with E-state index in [1.54, 1.807) is 14.2 Å². The van der Waals surface area contributed by atoms with Crippen LogP contribution in [0.2, 0.25) is 0 Å². The summed E-state index contributed by atoms with van der Waals surface area (Å²) in [4.78, 5) is 2.32. The normalized spacial score (nSPS) is 25.5. The average molecular weight is 369 g/mol. The number of fused-ring (bicyclic) bond motifs is 7. The molecule has 5 rings (SSSR count). The van der Waals surface area contributed by atoms with Crippen LogP contribution < -0.4 is 14.2 Å². The van der Waals surface area contributed by atoms with Crippen LogP contribution in [-0.2, 0) is 23.2 Å². The molecule has 0 amide bonds. The molecule has 1 N–H and O–H groups in total. The first-order valence-corrected chi connectivity index (χ1v) is 9.16. The maximum atomic E-state index is 10.5. The van der Waals surface area contributed by atoms with Crippen LogP contribution in [0.1, 0.15) is 28.3 Å². The van der Waals surface area contributed by atoms with Crippen molar-refractivity contribution in [3.63, 3.8) is 0 Å². The molecule has 27 heavy (non-hydrogen) atoms. The summed E-state index contributed by atoms with van der Waals surface area (Å²) in [7, 11) is 5.44. The van der Waals surface area contributed by atoms with Crippen LogP contribution in [0.15, 0.2) is 24.3 Å². The Morgan fingerprint density at radius 1 is 1.19 bits per heavy atom. The lowest BCUT2D eigenvalue weighted by molar-refractivity contribution is -0.0676. The van der Waals surface area contributed by atoms with Gasteiger partial charge in [-0.25, -0.2) is 0 Å². The molecule has 0 bridgehead atoms. The first-order valence-electron chi connectivity index (χ1n) is 9.16. The minimum absolute atomic E-state index is 0.0248. The molecule has 0 aromatic heterocycles. The van der Waals surface area contributed by atoms with Gasteiger partial charge >= 0.3 is 0 Å². The molecule has 0 radical (unpaired) electrons. The van der Waals surface area contributed by atoms with E-state index >= 15 is 0 Å². The number of hydrogen-bond acceptors (Lipinski definition) is 6. The number of phenolic OH excluding ortho intramolecular Hbond substituents is 1.